The summed E-state index contributed by atoms with van der Waals surface area (Å²) < 4.78 is 11.2. The van der Waals surface area contributed by atoms with Crippen molar-refractivity contribution in [2.45, 2.75) is 77.9 Å². The Morgan fingerprint density at radius 1 is 1.16 bits per heavy atom. The zero-order valence-electron chi connectivity index (χ0n) is 20.2. The summed E-state index contributed by atoms with van der Waals surface area (Å²) in [6.45, 7) is 6.25. The molecule has 2 unspecified atom stereocenters. The molecular weight excluding hydrogens is 404 g/mol. The van der Waals surface area contributed by atoms with E-state index in [-0.39, 0.29) is 18.1 Å². The van der Waals surface area contributed by atoms with Gasteiger partial charge in [-0.05, 0) is 76.0 Å². The number of ether oxygens (including phenoxy) is 2. The van der Waals surface area contributed by atoms with Crippen molar-refractivity contribution in [3.05, 3.63) is 47.1 Å². The maximum absolute atomic E-state index is 12.7. The normalized spacial score (nSPS) is 26.6. The van der Waals surface area contributed by atoms with E-state index >= 15 is 0 Å². The van der Waals surface area contributed by atoms with Crippen LogP contribution in [0.25, 0.3) is 0 Å². The standard InChI is InChI=1S/C26H40N2O4/c1-18-8-6-7-9-22(28-30)15-19(2)10-11-23(31-4)12-13-26(29)27-24-16-21(14-18)17-25(32-5)20(24)3/h6-8,16-17,19,22-23,28,30H,9-15H2,1-5H3,(H,27,29)/b7-6+,18-8+/t19-,22?,23?/m1/s1. The van der Waals surface area contributed by atoms with Crippen LogP contribution in [0, 0.1) is 12.8 Å². The molecule has 1 aliphatic heterocycles. The first-order chi connectivity index (χ1) is 15.4. The zero-order valence-corrected chi connectivity index (χ0v) is 20.2. The molecule has 1 heterocycles. The van der Waals surface area contributed by atoms with Gasteiger partial charge in [-0.25, -0.2) is 5.48 Å². The molecule has 0 aliphatic carbocycles. The number of fused-ring (bicyclic) bond motifs is 2. The van der Waals surface area contributed by atoms with Gasteiger partial charge in [-0.1, -0.05) is 30.7 Å². The van der Waals surface area contributed by atoms with E-state index in [1.54, 1.807) is 14.2 Å². The molecule has 0 aromatic heterocycles. The third-order valence-corrected chi connectivity index (χ3v) is 6.21. The van der Waals surface area contributed by atoms with Gasteiger partial charge in [0.05, 0.1) is 13.2 Å². The summed E-state index contributed by atoms with van der Waals surface area (Å²) in [4.78, 5) is 12.7. The van der Waals surface area contributed by atoms with E-state index < -0.39 is 0 Å². The summed E-state index contributed by atoms with van der Waals surface area (Å²) in [5.74, 6) is 1.20. The molecule has 6 heteroatoms. The lowest BCUT2D eigenvalue weighted by atomic mass is 9.93. The fourth-order valence-electron chi connectivity index (χ4n) is 4.21. The van der Waals surface area contributed by atoms with E-state index in [1.165, 1.54) is 5.57 Å². The smallest absolute Gasteiger partial charge is 0.224 e. The van der Waals surface area contributed by atoms with Gasteiger partial charge < -0.3 is 20.0 Å². The second-order valence-corrected chi connectivity index (χ2v) is 9.01. The van der Waals surface area contributed by atoms with Crippen molar-refractivity contribution in [3.8, 4) is 5.75 Å². The molecule has 0 radical (unpaired) electrons. The maximum Gasteiger partial charge on any atom is 0.224 e. The van der Waals surface area contributed by atoms with Gasteiger partial charge in [0.1, 0.15) is 5.75 Å². The molecule has 6 nitrogen and oxygen atoms in total. The van der Waals surface area contributed by atoms with Gasteiger partial charge in [-0.3, -0.25) is 4.79 Å². The molecule has 3 atom stereocenters. The molecule has 2 rings (SSSR count). The monoisotopic (exact) mass is 444 g/mol. The highest BCUT2D eigenvalue weighted by Gasteiger charge is 2.17. The van der Waals surface area contributed by atoms with Gasteiger partial charge in [-0.15, -0.1) is 0 Å². The van der Waals surface area contributed by atoms with E-state index in [0.717, 1.165) is 54.7 Å². The van der Waals surface area contributed by atoms with E-state index in [2.05, 4.69) is 36.8 Å². The van der Waals surface area contributed by atoms with Gasteiger partial charge in [0.15, 0.2) is 0 Å². The van der Waals surface area contributed by atoms with Crippen LogP contribution >= 0.6 is 0 Å². The summed E-state index contributed by atoms with van der Waals surface area (Å²) in [5, 5.41) is 12.6. The van der Waals surface area contributed by atoms with Gasteiger partial charge in [0.2, 0.25) is 5.91 Å². The molecular formula is C26H40N2O4. The Kier molecular flexibility index (Phi) is 10.9. The van der Waals surface area contributed by atoms with E-state index in [4.69, 9.17) is 9.47 Å². The lowest BCUT2D eigenvalue weighted by molar-refractivity contribution is -0.116. The quantitative estimate of drug-likeness (QED) is 0.549. The lowest BCUT2D eigenvalue weighted by Gasteiger charge is -2.21. The number of rotatable bonds is 3. The number of methoxy groups -OCH3 is 2. The van der Waals surface area contributed by atoms with Crippen LogP contribution < -0.4 is 15.5 Å². The maximum atomic E-state index is 12.7. The van der Waals surface area contributed by atoms with Crippen LogP contribution in [0.5, 0.6) is 5.75 Å². The molecule has 1 aromatic rings. The fourth-order valence-corrected chi connectivity index (χ4v) is 4.21. The fraction of sp³-hybridized carbons (Fsp3) is 0.577. The van der Waals surface area contributed by atoms with Gasteiger partial charge in [0.25, 0.3) is 0 Å². The SMILES string of the molecule is COc1cc2cc(c1C)NC(=O)CCC(OC)CC[C@@H](C)CC(NO)C/C=C/C=C(\C)C2. The predicted octanol–water partition coefficient (Wildman–Crippen LogP) is 5.34. The van der Waals surface area contributed by atoms with E-state index in [0.29, 0.717) is 18.8 Å². The highest BCUT2D eigenvalue weighted by Crippen LogP contribution is 2.29. The Hall–Kier alpha value is -2.15. The topological polar surface area (TPSA) is 79.8 Å². The number of hydrogen-bond acceptors (Lipinski definition) is 5. The summed E-state index contributed by atoms with van der Waals surface area (Å²) in [6.07, 6.45) is 11.6. The predicted molar refractivity (Wildman–Crippen MR) is 129 cm³/mol. The van der Waals surface area contributed by atoms with Crippen LogP contribution in [0.15, 0.2) is 35.9 Å². The Labute approximate surface area is 193 Å². The first-order valence-electron chi connectivity index (χ1n) is 11.6. The third-order valence-electron chi connectivity index (χ3n) is 6.21. The minimum Gasteiger partial charge on any atom is -0.496 e. The number of allylic oxidation sites excluding steroid dienone is 3. The van der Waals surface area contributed by atoms with Gasteiger partial charge in [-0.2, -0.15) is 0 Å². The molecule has 0 saturated carbocycles. The molecule has 0 saturated heterocycles. The van der Waals surface area contributed by atoms with Crippen molar-refractivity contribution in [1.82, 2.24) is 5.48 Å². The summed E-state index contributed by atoms with van der Waals surface area (Å²) in [7, 11) is 3.36. The number of carbonyl (C=O) groups excluding carboxylic acids is 1. The molecule has 178 valence electrons. The Bertz CT molecular complexity index is 803. The minimum atomic E-state index is -0.0138. The summed E-state index contributed by atoms with van der Waals surface area (Å²) in [5.41, 5.74) is 6.47. The van der Waals surface area contributed by atoms with E-state index in [9.17, 15) is 10.0 Å². The molecule has 3 N–H and O–H groups in total. The number of amides is 1. The number of nitrogens with one attached hydrogen (secondary N) is 2. The van der Waals surface area contributed by atoms with Crippen LogP contribution in [-0.2, 0) is 16.0 Å². The van der Waals surface area contributed by atoms with Crippen molar-refractivity contribution in [1.29, 1.82) is 0 Å². The number of anilines is 1. The van der Waals surface area contributed by atoms with Crippen LogP contribution in [0.4, 0.5) is 5.69 Å². The zero-order chi connectivity index (χ0) is 23.5. The molecule has 1 aromatic carbocycles. The molecule has 1 aliphatic rings. The highest BCUT2D eigenvalue weighted by molar-refractivity contribution is 5.92. The second-order valence-electron chi connectivity index (χ2n) is 9.01. The lowest BCUT2D eigenvalue weighted by Crippen LogP contribution is -2.27. The van der Waals surface area contributed by atoms with Crippen LogP contribution in [0.3, 0.4) is 0 Å². The third kappa shape index (κ3) is 8.41. The number of hydroxylamine groups is 1. The van der Waals surface area contributed by atoms with Crippen LogP contribution in [0.1, 0.15) is 63.5 Å². The average Bonchev–Trinajstić information content (AvgIpc) is 2.77. The van der Waals surface area contributed by atoms with Crippen LogP contribution in [0.2, 0.25) is 0 Å². The van der Waals surface area contributed by atoms with Crippen molar-refractivity contribution in [3.63, 3.8) is 0 Å². The van der Waals surface area contributed by atoms with Crippen molar-refractivity contribution in [2.75, 3.05) is 19.5 Å². The summed E-state index contributed by atoms with van der Waals surface area (Å²) in [6, 6.07) is 4.09. The number of benzene rings is 1. The molecule has 2 bridgehead atoms. The number of carbonyl (C=O) groups is 1. The summed E-state index contributed by atoms with van der Waals surface area (Å²) >= 11 is 0. The van der Waals surface area contributed by atoms with Crippen molar-refractivity contribution >= 4 is 11.6 Å². The first-order valence-corrected chi connectivity index (χ1v) is 11.6. The van der Waals surface area contributed by atoms with Gasteiger partial charge in [0, 0.05) is 30.8 Å². The second kappa shape index (κ2) is 13.4. The Morgan fingerprint density at radius 2 is 1.94 bits per heavy atom. The van der Waals surface area contributed by atoms with Crippen LogP contribution in [-0.4, -0.2) is 37.5 Å². The number of hydrogen-bond donors (Lipinski definition) is 3. The minimum absolute atomic E-state index is 0.0138. The van der Waals surface area contributed by atoms with E-state index in [1.807, 2.05) is 25.1 Å². The molecule has 1 amide bonds. The molecule has 32 heavy (non-hydrogen) atoms. The molecule has 0 spiro atoms. The average molecular weight is 445 g/mol. The van der Waals surface area contributed by atoms with Crippen molar-refractivity contribution in [2.24, 2.45) is 5.92 Å². The molecule has 0 fully saturated rings. The Balaban J connectivity index is 2.28. The largest absolute Gasteiger partial charge is 0.496 e. The first kappa shape index (κ1) is 26.1. The Morgan fingerprint density at radius 3 is 2.62 bits per heavy atom. The highest BCUT2D eigenvalue weighted by atomic mass is 16.5. The van der Waals surface area contributed by atoms with Gasteiger partial charge >= 0.3 is 0 Å². The van der Waals surface area contributed by atoms with Crippen molar-refractivity contribution < 1.29 is 19.5 Å².